The van der Waals surface area contributed by atoms with Gasteiger partial charge in [-0.25, -0.2) is 9.59 Å². The maximum atomic E-state index is 12.2. The summed E-state index contributed by atoms with van der Waals surface area (Å²) in [5.41, 5.74) is 1.45. The van der Waals surface area contributed by atoms with Crippen LogP contribution >= 0.6 is 0 Å². The van der Waals surface area contributed by atoms with Crippen LogP contribution in [-0.2, 0) is 9.53 Å². The molecule has 0 saturated carbocycles. The summed E-state index contributed by atoms with van der Waals surface area (Å²) in [6.07, 6.45) is 5.33. The summed E-state index contributed by atoms with van der Waals surface area (Å²) in [4.78, 5) is 27.9. The van der Waals surface area contributed by atoms with Gasteiger partial charge < -0.3 is 9.64 Å². The Morgan fingerprint density at radius 2 is 1.75 bits per heavy atom. The zero-order valence-electron chi connectivity index (χ0n) is 14.7. The van der Waals surface area contributed by atoms with Gasteiger partial charge in [-0.3, -0.25) is 0 Å². The first-order valence-electron chi connectivity index (χ1n) is 8.55. The molecule has 1 aliphatic heterocycles. The quantitative estimate of drug-likeness (QED) is 0.590. The third-order valence-electron chi connectivity index (χ3n) is 4.15. The molecule has 0 N–H and O–H groups in total. The second-order valence-electron chi connectivity index (χ2n) is 7.24. The minimum atomic E-state index is -0.451. The highest BCUT2D eigenvalue weighted by Gasteiger charge is 2.24. The first-order chi connectivity index (χ1) is 11.4. The van der Waals surface area contributed by atoms with Crippen molar-refractivity contribution in [1.29, 1.82) is 0 Å². The first-order valence-corrected chi connectivity index (χ1v) is 8.55. The van der Waals surface area contributed by atoms with Gasteiger partial charge in [0.25, 0.3) is 0 Å². The topological polar surface area (TPSA) is 59.0 Å². The Morgan fingerprint density at radius 1 is 1.17 bits per heavy atom. The van der Waals surface area contributed by atoms with Crippen molar-refractivity contribution in [2.75, 3.05) is 13.1 Å². The van der Waals surface area contributed by atoms with Crippen LogP contribution in [0.25, 0.3) is 0 Å². The summed E-state index contributed by atoms with van der Waals surface area (Å²) in [6.45, 7) is 7.15. The van der Waals surface area contributed by atoms with Gasteiger partial charge in [-0.05, 0) is 70.1 Å². The summed E-state index contributed by atoms with van der Waals surface area (Å²) >= 11 is 0. The lowest BCUT2D eigenvalue weighted by Gasteiger charge is -2.30. The molecule has 130 valence electrons. The molecule has 24 heavy (non-hydrogen) atoms. The van der Waals surface area contributed by atoms with Crippen LogP contribution < -0.4 is 0 Å². The Labute approximate surface area is 143 Å². The third-order valence-corrected chi connectivity index (χ3v) is 4.15. The molecule has 1 aliphatic rings. The van der Waals surface area contributed by atoms with E-state index in [1.165, 1.54) is 5.56 Å². The van der Waals surface area contributed by atoms with Crippen LogP contribution in [-0.4, -0.2) is 35.8 Å². The normalized spacial score (nSPS) is 16.7. The molecule has 0 unspecified atom stereocenters. The van der Waals surface area contributed by atoms with Crippen molar-refractivity contribution >= 4 is 17.9 Å². The molecule has 0 spiro atoms. The molecule has 1 amide bonds. The SMILES string of the molecule is CC(C)(C)OC(=O)N1CCCC(c2ccc(N=C=O)cc2)CCC1. The van der Waals surface area contributed by atoms with Crippen LogP contribution in [0.2, 0.25) is 0 Å². The van der Waals surface area contributed by atoms with Gasteiger partial charge in [0.2, 0.25) is 6.08 Å². The number of ether oxygens (including phenoxy) is 1. The standard InChI is InChI=1S/C19H26N2O3/c1-19(2,3)24-18(23)21-12-4-6-15(7-5-13-21)16-8-10-17(11-9-16)20-14-22/h8-11,15H,4-7,12-13H2,1-3H3. The highest BCUT2D eigenvalue weighted by molar-refractivity contribution is 5.68. The first kappa shape index (κ1) is 18.2. The van der Waals surface area contributed by atoms with Crippen molar-refractivity contribution in [3.05, 3.63) is 29.8 Å². The predicted octanol–water partition coefficient (Wildman–Crippen LogP) is 4.55. The molecule has 1 aromatic rings. The van der Waals surface area contributed by atoms with E-state index in [4.69, 9.17) is 4.74 Å². The number of likely N-dealkylation sites (tertiary alicyclic amines) is 1. The van der Waals surface area contributed by atoms with Crippen molar-refractivity contribution in [1.82, 2.24) is 4.90 Å². The second-order valence-corrected chi connectivity index (χ2v) is 7.24. The van der Waals surface area contributed by atoms with Crippen LogP contribution in [0.4, 0.5) is 10.5 Å². The number of hydrogen-bond donors (Lipinski definition) is 0. The fourth-order valence-electron chi connectivity index (χ4n) is 3.03. The van der Waals surface area contributed by atoms with Gasteiger partial charge >= 0.3 is 6.09 Å². The smallest absolute Gasteiger partial charge is 0.410 e. The fraction of sp³-hybridized carbons (Fsp3) is 0.579. The molecule has 5 heteroatoms. The molecule has 1 aromatic carbocycles. The number of carbonyl (C=O) groups is 1. The van der Waals surface area contributed by atoms with E-state index >= 15 is 0 Å². The number of rotatable bonds is 2. The predicted molar refractivity (Wildman–Crippen MR) is 93.2 cm³/mol. The van der Waals surface area contributed by atoms with Crippen molar-refractivity contribution in [3.8, 4) is 0 Å². The molecule has 0 atom stereocenters. The summed E-state index contributed by atoms with van der Waals surface area (Å²) in [6, 6.07) is 7.78. The zero-order chi connectivity index (χ0) is 17.6. The maximum Gasteiger partial charge on any atom is 0.410 e. The van der Waals surface area contributed by atoms with E-state index in [0.717, 1.165) is 38.8 Å². The largest absolute Gasteiger partial charge is 0.444 e. The van der Waals surface area contributed by atoms with Crippen LogP contribution in [0.3, 0.4) is 0 Å². The molecule has 1 heterocycles. The van der Waals surface area contributed by atoms with Crippen LogP contribution in [0, 0.1) is 0 Å². The molecule has 0 aromatic heterocycles. The summed E-state index contributed by atoms with van der Waals surface area (Å²) in [5.74, 6) is 0.486. The van der Waals surface area contributed by atoms with E-state index in [1.54, 1.807) is 6.08 Å². The van der Waals surface area contributed by atoms with E-state index in [-0.39, 0.29) is 6.09 Å². The third kappa shape index (κ3) is 5.50. The number of amides is 1. The van der Waals surface area contributed by atoms with E-state index in [0.29, 0.717) is 11.6 Å². The van der Waals surface area contributed by atoms with Gasteiger partial charge in [-0.2, -0.15) is 4.99 Å². The van der Waals surface area contributed by atoms with Crippen LogP contribution in [0.5, 0.6) is 0 Å². The van der Waals surface area contributed by atoms with Gasteiger partial charge in [-0.15, -0.1) is 0 Å². The molecule has 0 aliphatic carbocycles. The van der Waals surface area contributed by atoms with Gasteiger partial charge in [0, 0.05) is 13.1 Å². The summed E-state index contributed by atoms with van der Waals surface area (Å²) in [7, 11) is 0. The lowest BCUT2D eigenvalue weighted by atomic mass is 9.88. The number of isocyanates is 1. The molecule has 0 radical (unpaired) electrons. The molecular weight excluding hydrogens is 304 g/mol. The molecule has 1 fully saturated rings. The average Bonchev–Trinajstić information content (AvgIpc) is 2.46. The Kier molecular flexibility index (Phi) is 6.16. The van der Waals surface area contributed by atoms with Gasteiger partial charge in [0.15, 0.2) is 0 Å². The minimum Gasteiger partial charge on any atom is -0.444 e. The number of nitrogens with zero attached hydrogens (tertiary/aromatic N) is 2. The fourth-order valence-corrected chi connectivity index (χ4v) is 3.03. The van der Waals surface area contributed by atoms with Crippen LogP contribution in [0.15, 0.2) is 29.3 Å². The lowest BCUT2D eigenvalue weighted by molar-refractivity contribution is 0.0233. The summed E-state index contributed by atoms with van der Waals surface area (Å²) in [5, 5.41) is 0. The number of benzene rings is 1. The maximum absolute atomic E-state index is 12.2. The molecule has 5 nitrogen and oxygen atoms in total. The van der Waals surface area contributed by atoms with Crippen molar-refractivity contribution in [3.63, 3.8) is 0 Å². The van der Waals surface area contributed by atoms with Crippen molar-refractivity contribution in [2.24, 2.45) is 4.99 Å². The monoisotopic (exact) mass is 330 g/mol. The highest BCUT2D eigenvalue weighted by atomic mass is 16.6. The van der Waals surface area contributed by atoms with Gasteiger partial charge in [0.1, 0.15) is 5.60 Å². The Bertz CT molecular complexity index is 588. The zero-order valence-corrected chi connectivity index (χ0v) is 14.7. The van der Waals surface area contributed by atoms with Gasteiger partial charge in [0.05, 0.1) is 5.69 Å². The van der Waals surface area contributed by atoms with E-state index in [9.17, 15) is 9.59 Å². The van der Waals surface area contributed by atoms with Crippen molar-refractivity contribution in [2.45, 2.75) is 58.0 Å². The number of aliphatic imine (C=N–C) groups is 1. The Morgan fingerprint density at radius 3 is 2.25 bits per heavy atom. The Hall–Kier alpha value is -2.13. The molecule has 2 rings (SSSR count). The minimum absolute atomic E-state index is 0.211. The highest BCUT2D eigenvalue weighted by Crippen LogP contribution is 2.30. The second kappa shape index (κ2) is 8.11. The van der Waals surface area contributed by atoms with Gasteiger partial charge in [-0.1, -0.05) is 12.1 Å². The molecule has 0 bridgehead atoms. The molecule has 1 saturated heterocycles. The van der Waals surface area contributed by atoms with Crippen LogP contribution in [0.1, 0.15) is 57.9 Å². The number of hydrogen-bond acceptors (Lipinski definition) is 4. The lowest BCUT2D eigenvalue weighted by Crippen LogP contribution is -2.38. The number of carbonyl (C=O) groups excluding carboxylic acids is 2. The van der Waals surface area contributed by atoms with Crippen molar-refractivity contribution < 1.29 is 14.3 Å². The van der Waals surface area contributed by atoms with E-state index < -0.39 is 5.60 Å². The molecular formula is C19H26N2O3. The average molecular weight is 330 g/mol. The summed E-state index contributed by atoms with van der Waals surface area (Å²) < 4.78 is 5.47. The Balaban J connectivity index is 1.92. The van der Waals surface area contributed by atoms with E-state index in [1.807, 2.05) is 49.9 Å². The van der Waals surface area contributed by atoms with E-state index in [2.05, 4.69) is 4.99 Å².